The number of hydrogen-bond donors (Lipinski definition) is 1. The van der Waals surface area contributed by atoms with Crippen molar-refractivity contribution in [3.05, 3.63) is 18.6 Å². The first-order chi connectivity index (χ1) is 10.3. The van der Waals surface area contributed by atoms with E-state index in [2.05, 4.69) is 26.8 Å². The number of nitrogens with zero attached hydrogens (tertiary/aromatic N) is 4. The monoisotopic (exact) mass is 287 g/mol. The fourth-order valence-electron chi connectivity index (χ4n) is 2.76. The van der Waals surface area contributed by atoms with Crippen molar-refractivity contribution in [2.45, 2.75) is 26.2 Å². The lowest BCUT2D eigenvalue weighted by Crippen LogP contribution is -2.49. The fraction of sp³-hybridized carbons (Fsp3) is 0.533. The Balaban J connectivity index is 1.66. The summed E-state index contributed by atoms with van der Waals surface area (Å²) in [5.74, 6) is 1.24. The van der Waals surface area contributed by atoms with E-state index in [-0.39, 0.29) is 5.91 Å². The Labute approximate surface area is 124 Å². The molecule has 1 aliphatic rings. The Morgan fingerprint density at radius 2 is 2.10 bits per heavy atom. The van der Waals surface area contributed by atoms with E-state index < -0.39 is 0 Å². The molecule has 112 valence electrons. The van der Waals surface area contributed by atoms with E-state index in [0.717, 1.165) is 55.9 Å². The highest BCUT2D eigenvalue weighted by molar-refractivity contribution is 5.87. The molecule has 6 heteroatoms. The molecule has 3 heterocycles. The van der Waals surface area contributed by atoms with Crippen molar-refractivity contribution in [1.29, 1.82) is 0 Å². The molecule has 3 rings (SSSR count). The van der Waals surface area contributed by atoms with E-state index in [0.29, 0.717) is 6.42 Å². The van der Waals surface area contributed by atoms with Crippen LogP contribution in [0.3, 0.4) is 0 Å². The minimum Gasteiger partial charge on any atom is -0.352 e. The van der Waals surface area contributed by atoms with E-state index in [1.54, 1.807) is 6.33 Å². The van der Waals surface area contributed by atoms with Gasteiger partial charge in [-0.15, -0.1) is 0 Å². The van der Waals surface area contributed by atoms with E-state index in [1.807, 2.05) is 17.2 Å². The molecular formula is C15H21N5O. The van der Waals surface area contributed by atoms with Crippen LogP contribution < -0.4 is 4.90 Å². The van der Waals surface area contributed by atoms with Crippen LogP contribution in [0.5, 0.6) is 0 Å². The predicted octanol–water partition coefficient (Wildman–Crippen LogP) is 1.80. The van der Waals surface area contributed by atoms with Gasteiger partial charge < -0.3 is 14.8 Å². The number of rotatable bonds is 4. The van der Waals surface area contributed by atoms with Crippen LogP contribution in [-0.2, 0) is 4.79 Å². The Morgan fingerprint density at radius 3 is 2.86 bits per heavy atom. The van der Waals surface area contributed by atoms with Crippen LogP contribution in [0, 0.1) is 0 Å². The minimum absolute atomic E-state index is 0.283. The summed E-state index contributed by atoms with van der Waals surface area (Å²) in [6.07, 6.45) is 6.19. The number of H-pyrrole nitrogens is 1. The van der Waals surface area contributed by atoms with Gasteiger partial charge in [-0.1, -0.05) is 13.3 Å². The van der Waals surface area contributed by atoms with E-state index in [4.69, 9.17) is 0 Å². The number of carbonyl (C=O) groups excluding carboxylic acids is 1. The number of hydrogen-bond acceptors (Lipinski definition) is 4. The fourth-order valence-corrected chi connectivity index (χ4v) is 2.76. The van der Waals surface area contributed by atoms with Crippen molar-refractivity contribution < 1.29 is 4.79 Å². The van der Waals surface area contributed by atoms with Crippen LogP contribution >= 0.6 is 0 Å². The molecule has 1 saturated heterocycles. The number of aromatic amines is 1. The highest BCUT2D eigenvalue weighted by Gasteiger charge is 2.22. The first-order valence-electron chi connectivity index (χ1n) is 7.60. The molecule has 1 fully saturated rings. The van der Waals surface area contributed by atoms with Crippen molar-refractivity contribution in [2.24, 2.45) is 0 Å². The van der Waals surface area contributed by atoms with Gasteiger partial charge in [-0.2, -0.15) is 0 Å². The molecule has 0 saturated carbocycles. The molecule has 0 radical (unpaired) electrons. The van der Waals surface area contributed by atoms with Gasteiger partial charge in [0, 0.05) is 38.8 Å². The summed E-state index contributed by atoms with van der Waals surface area (Å²) < 4.78 is 0. The molecule has 2 aromatic rings. The van der Waals surface area contributed by atoms with E-state index in [1.165, 1.54) is 0 Å². The maximum atomic E-state index is 12.0. The molecule has 21 heavy (non-hydrogen) atoms. The number of anilines is 1. The number of carbonyl (C=O) groups is 1. The molecule has 0 aliphatic carbocycles. The number of amides is 1. The summed E-state index contributed by atoms with van der Waals surface area (Å²) in [4.78, 5) is 28.0. The molecule has 1 N–H and O–H groups in total. The minimum atomic E-state index is 0.283. The van der Waals surface area contributed by atoms with Crippen LogP contribution in [0.25, 0.3) is 11.0 Å². The van der Waals surface area contributed by atoms with Crippen molar-refractivity contribution in [2.75, 3.05) is 31.1 Å². The van der Waals surface area contributed by atoms with Gasteiger partial charge >= 0.3 is 0 Å². The maximum absolute atomic E-state index is 12.0. The van der Waals surface area contributed by atoms with Gasteiger partial charge in [0.15, 0.2) is 0 Å². The predicted molar refractivity (Wildman–Crippen MR) is 82.2 cm³/mol. The second-order valence-corrected chi connectivity index (χ2v) is 5.41. The van der Waals surface area contributed by atoms with Gasteiger partial charge in [-0.3, -0.25) is 4.79 Å². The van der Waals surface area contributed by atoms with Gasteiger partial charge in [0.1, 0.15) is 17.8 Å². The van der Waals surface area contributed by atoms with Crippen LogP contribution in [-0.4, -0.2) is 51.9 Å². The summed E-state index contributed by atoms with van der Waals surface area (Å²) in [6.45, 7) is 5.32. The first-order valence-corrected chi connectivity index (χ1v) is 7.60. The second-order valence-electron chi connectivity index (χ2n) is 5.41. The highest BCUT2D eigenvalue weighted by Crippen LogP contribution is 2.23. The first kappa shape index (κ1) is 13.9. The van der Waals surface area contributed by atoms with Crippen molar-refractivity contribution in [3.63, 3.8) is 0 Å². The molecule has 0 bridgehead atoms. The van der Waals surface area contributed by atoms with Gasteiger partial charge in [-0.25, -0.2) is 9.97 Å². The van der Waals surface area contributed by atoms with Gasteiger partial charge in [-0.05, 0) is 12.5 Å². The molecule has 0 unspecified atom stereocenters. The summed E-state index contributed by atoms with van der Waals surface area (Å²) in [6, 6.07) is 2.00. The summed E-state index contributed by atoms with van der Waals surface area (Å²) in [5.41, 5.74) is 0.862. The topological polar surface area (TPSA) is 65.1 Å². The zero-order valence-corrected chi connectivity index (χ0v) is 12.4. The summed E-state index contributed by atoms with van der Waals surface area (Å²) >= 11 is 0. The third-order valence-electron chi connectivity index (χ3n) is 4.01. The highest BCUT2D eigenvalue weighted by atomic mass is 16.2. The Kier molecular flexibility index (Phi) is 4.03. The van der Waals surface area contributed by atoms with Crippen LogP contribution in [0.15, 0.2) is 18.6 Å². The second kappa shape index (κ2) is 6.11. The average molecular weight is 287 g/mol. The molecule has 1 amide bonds. The largest absolute Gasteiger partial charge is 0.352 e. The quantitative estimate of drug-likeness (QED) is 0.931. The molecule has 1 aliphatic heterocycles. The molecule has 6 nitrogen and oxygen atoms in total. The standard InChI is InChI=1S/C15H21N5O/c1-2-3-4-13(21)19-7-9-20(10-8-19)15-12-5-6-16-14(12)17-11-18-15/h5-6,11H,2-4,7-10H2,1H3,(H,16,17,18). The number of piperazine rings is 1. The SMILES string of the molecule is CCCCC(=O)N1CCN(c2ncnc3[nH]ccc23)CC1. The Bertz CT molecular complexity index is 615. The van der Waals surface area contributed by atoms with E-state index in [9.17, 15) is 4.79 Å². The van der Waals surface area contributed by atoms with Gasteiger partial charge in [0.05, 0.1) is 5.39 Å². The van der Waals surface area contributed by atoms with Crippen molar-refractivity contribution in [1.82, 2.24) is 19.9 Å². The van der Waals surface area contributed by atoms with Crippen LogP contribution in [0.1, 0.15) is 26.2 Å². The summed E-state index contributed by atoms with van der Waals surface area (Å²) in [5, 5.41) is 1.04. The van der Waals surface area contributed by atoms with Crippen molar-refractivity contribution in [3.8, 4) is 0 Å². The third kappa shape index (κ3) is 2.84. The zero-order valence-electron chi connectivity index (χ0n) is 12.4. The zero-order chi connectivity index (χ0) is 14.7. The maximum Gasteiger partial charge on any atom is 0.222 e. The molecule has 0 aromatic carbocycles. The van der Waals surface area contributed by atoms with E-state index >= 15 is 0 Å². The van der Waals surface area contributed by atoms with Gasteiger partial charge in [0.25, 0.3) is 0 Å². The third-order valence-corrected chi connectivity index (χ3v) is 4.01. The lowest BCUT2D eigenvalue weighted by Gasteiger charge is -2.35. The number of fused-ring (bicyclic) bond motifs is 1. The smallest absolute Gasteiger partial charge is 0.222 e. The number of unbranched alkanes of at least 4 members (excludes halogenated alkanes) is 1. The molecular weight excluding hydrogens is 266 g/mol. The van der Waals surface area contributed by atoms with Crippen molar-refractivity contribution >= 4 is 22.8 Å². The lowest BCUT2D eigenvalue weighted by molar-refractivity contribution is -0.131. The van der Waals surface area contributed by atoms with Gasteiger partial charge in [0.2, 0.25) is 5.91 Å². The summed E-state index contributed by atoms with van der Waals surface area (Å²) in [7, 11) is 0. The Hall–Kier alpha value is -2.11. The molecule has 0 spiro atoms. The van der Waals surface area contributed by atoms with Crippen LogP contribution in [0.4, 0.5) is 5.82 Å². The number of aromatic nitrogens is 3. The molecule has 0 atom stereocenters. The normalized spacial score (nSPS) is 15.7. The average Bonchev–Trinajstić information content (AvgIpc) is 3.01. The molecule has 2 aromatic heterocycles. The number of nitrogens with one attached hydrogen (secondary N) is 1. The Morgan fingerprint density at radius 1 is 1.29 bits per heavy atom. The van der Waals surface area contributed by atoms with Crippen LogP contribution in [0.2, 0.25) is 0 Å². The lowest BCUT2D eigenvalue weighted by atomic mass is 10.2.